The van der Waals surface area contributed by atoms with Crippen molar-refractivity contribution in [3.05, 3.63) is 18.0 Å². The van der Waals surface area contributed by atoms with E-state index in [-0.39, 0.29) is 17.4 Å². The number of aromatic nitrogens is 2. The number of aliphatic carboxylic acids is 1. The van der Waals surface area contributed by atoms with Crippen molar-refractivity contribution in [1.82, 2.24) is 29.8 Å². The fraction of sp³-hybridized carbons (Fsp3) is 0.667. The largest absolute Gasteiger partial charge is 0.490 e. The molecule has 3 amide bonds. The van der Waals surface area contributed by atoms with E-state index in [4.69, 9.17) is 9.90 Å². The number of alkyl halides is 3. The van der Waals surface area contributed by atoms with Crippen molar-refractivity contribution in [2.75, 3.05) is 46.8 Å². The molecule has 10 nitrogen and oxygen atoms in total. The van der Waals surface area contributed by atoms with Gasteiger partial charge in [0.05, 0.1) is 6.20 Å². The van der Waals surface area contributed by atoms with Crippen molar-refractivity contribution in [3.63, 3.8) is 0 Å². The van der Waals surface area contributed by atoms with Crippen LogP contribution in [0.25, 0.3) is 0 Å². The second-order valence-corrected chi connectivity index (χ2v) is 8.09. The molecule has 1 aromatic rings. The molecule has 2 fully saturated rings. The van der Waals surface area contributed by atoms with E-state index >= 15 is 0 Å². The highest BCUT2D eigenvalue weighted by Crippen LogP contribution is 2.31. The summed E-state index contributed by atoms with van der Waals surface area (Å²) in [6.45, 7) is 4.31. The number of hydrogen-bond donors (Lipinski definition) is 2. The summed E-state index contributed by atoms with van der Waals surface area (Å²) in [4.78, 5) is 39.0. The lowest BCUT2D eigenvalue weighted by Gasteiger charge is -2.33. The average molecular weight is 448 g/mol. The van der Waals surface area contributed by atoms with Crippen molar-refractivity contribution in [2.24, 2.45) is 12.5 Å². The van der Waals surface area contributed by atoms with E-state index in [1.54, 1.807) is 23.7 Å². The maximum absolute atomic E-state index is 12.5. The first-order chi connectivity index (χ1) is 14.3. The van der Waals surface area contributed by atoms with Crippen LogP contribution in [-0.2, 0) is 23.2 Å². The van der Waals surface area contributed by atoms with Gasteiger partial charge in [0.25, 0.3) is 0 Å². The topological polar surface area (TPSA) is 111 Å². The zero-order valence-corrected chi connectivity index (χ0v) is 17.6. The molecule has 1 unspecified atom stereocenters. The van der Waals surface area contributed by atoms with Gasteiger partial charge in [-0.15, -0.1) is 0 Å². The highest BCUT2D eigenvalue weighted by molar-refractivity contribution is 5.80. The molecule has 2 saturated heterocycles. The van der Waals surface area contributed by atoms with Crippen LogP contribution in [0.4, 0.5) is 18.0 Å². The first kappa shape index (κ1) is 24.4. The van der Waals surface area contributed by atoms with Crippen molar-refractivity contribution in [3.8, 4) is 0 Å². The van der Waals surface area contributed by atoms with Crippen LogP contribution in [0.5, 0.6) is 0 Å². The third kappa shape index (κ3) is 6.84. The van der Waals surface area contributed by atoms with Gasteiger partial charge in [-0.2, -0.15) is 18.3 Å². The SMILES string of the molecule is CN(C)C(=O)N1CCN(Cc2cnn(C)c2)CC2(CNC(=O)C2)C1.O=C(O)C(F)(F)F. The van der Waals surface area contributed by atoms with Gasteiger partial charge in [0, 0.05) is 84.0 Å². The van der Waals surface area contributed by atoms with E-state index in [9.17, 15) is 22.8 Å². The van der Waals surface area contributed by atoms with Gasteiger partial charge in [-0.05, 0) is 0 Å². The molecule has 0 aliphatic carbocycles. The van der Waals surface area contributed by atoms with E-state index in [2.05, 4.69) is 15.3 Å². The molecule has 13 heteroatoms. The Hall–Kier alpha value is -2.83. The number of rotatable bonds is 2. The zero-order valence-electron chi connectivity index (χ0n) is 17.6. The number of carboxylic acid groups (broad SMARTS) is 1. The average Bonchev–Trinajstić information content (AvgIpc) is 3.17. The minimum Gasteiger partial charge on any atom is -0.475 e. The van der Waals surface area contributed by atoms with Crippen LogP contribution in [0.2, 0.25) is 0 Å². The summed E-state index contributed by atoms with van der Waals surface area (Å²) in [5.74, 6) is -2.68. The summed E-state index contributed by atoms with van der Waals surface area (Å²) in [7, 11) is 5.45. The number of aryl methyl sites for hydroxylation is 1. The first-order valence-corrected chi connectivity index (χ1v) is 9.54. The number of carbonyl (C=O) groups excluding carboxylic acids is 2. The van der Waals surface area contributed by atoms with Gasteiger partial charge in [0.1, 0.15) is 0 Å². The summed E-state index contributed by atoms with van der Waals surface area (Å²) < 4.78 is 33.5. The number of halogens is 3. The summed E-state index contributed by atoms with van der Waals surface area (Å²) in [5.41, 5.74) is 0.943. The maximum atomic E-state index is 12.5. The third-order valence-corrected chi connectivity index (χ3v) is 5.03. The van der Waals surface area contributed by atoms with Crippen LogP contribution < -0.4 is 5.32 Å². The lowest BCUT2D eigenvalue weighted by atomic mass is 9.86. The molecular weight excluding hydrogens is 421 g/mol. The van der Waals surface area contributed by atoms with Crippen molar-refractivity contribution >= 4 is 17.9 Å². The summed E-state index contributed by atoms with van der Waals surface area (Å²) in [6, 6.07) is 0.0111. The van der Waals surface area contributed by atoms with E-state index in [1.165, 1.54) is 0 Å². The zero-order chi connectivity index (χ0) is 23.4. The molecule has 1 atom stereocenters. The Labute approximate surface area is 177 Å². The molecule has 0 aromatic carbocycles. The minimum atomic E-state index is -5.08. The van der Waals surface area contributed by atoms with E-state index in [0.29, 0.717) is 26.1 Å². The van der Waals surface area contributed by atoms with Crippen molar-refractivity contribution < 1.29 is 32.7 Å². The number of nitrogens with one attached hydrogen (secondary N) is 1. The molecule has 174 valence electrons. The van der Waals surface area contributed by atoms with Gasteiger partial charge in [0.15, 0.2) is 0 Å². The lowest BCUT2D eigenvalue weighted by Crippen LogP contribution is -2.47. The van der Waals surface area contributed by atoms with Gasteiger partial charge in [0.2, 0.25) is 5.91 Å². The molecule has 2 aliphatic rings. The Balaban J connectivity index is 0.000000423. The van der Waals surface area contributed by atoms with Crippen molar-refractivity contribution in [1.29, 1.82) is 0 Å². The monoisotopic (exact) mass is 448 g/mol. The van der Waals surface area contributed by atoms with Crippen LogP contribution in [0.15, 0.2) is 12.4 Å². The quantitative estimate of drug-likeness (QED) is 0.676. The molecule has 0 radical (unpaired) electrons. The van der Waals surface area contributed by atoms with Crippen LogP contribution in [0.3, 0.4) is 0 Å². The molecule has 31 heavy (non-hydrogen) atoms. The van der Waals surface area contributed by atoms with Gasteiger partial charge in [-0.1, -0.05) is 0 Å². The van der Waals surface area contributed by atoms with Crippen LogP contribution in [0, 0.1) is 5.41 Å². The Morgan fingerprint density at radius 3 is 2.39 bits per heavy atom. The number of nitrogens with zero attached hydrogens (tertiary/aromatic N) is 5. The number of amides is 3. The van der Waals surface area contributed by atoms with E-state index in [1.807, 2.05) is 24.3 Å². The van der Waals surface area contributed by atoms with Crippen molar-refractivity contribution in [2.45, 2.75) is 19.1 Å². The minimum absolute atomic E-state index is 0.0111. The number of carbonyl (C=O) groups is 3. The normalized spacial score (nSPS) is 21.9. The second kappa shape index (κ2) is 9.54. The molecule has 0 saturated carbocycles. The molecule has 0 bridgehead atoms. The fourth-order valence-electron chi connectivity index (χ4n) is 3.72. The third-order valence-electron chi connectivity index (χ3n) is 5.03. The number of urea groups is 1. The highest BCUT2D eigenvalue weighted by Gasteiger charge is 2.44. The Morgan fingerprint density at radius 1 is 1.29 bits per heavy atom. The molecule has 3 heterocycles. The molecule has 1 spiro atoms. The highest BCUT2D eigenvalue weighted by atomic mass is 19.4. The smallest absolute Gasteiger partial charge is 0.475 e. The van der Waals surface area contributed by atoms with E-state index in [0.717, 1.165) is 25.2 Å². The number of carboxylic acids is 1. The van der Waals surface area contributed by atoms with Gasteiger partial charge in [-0.25, -0.2) is 9.59 Å². The van der Waals surface area contributed by atoms with Crippen LogP contribution in [-0.4, -0.2) is 100 Å². The summed E-state index contributed by atoms with van der Waals surface area (Å²) in [6.07, 6.45) is -0.718. The standard InChI is InChI=1S/C16H26N6O2.C2HF3O2/c1-19(2)15(24)22-5-4-21(9-13-7-18-20(3)8-13)11-16(12-22)6-14(23)17-10-16;3-2(4,5)1(6)7/h7-8H,4-6,9-12H2,1-3H3,(H,17,23);(H,6,7). The first-order valence-electron chi connectivity index (χ1n) is 9.54. The van der Waals surface area contributed by atoms with Gasteiger partial charge >= 0.3 is 18.2 Å². The van der Waals surface area contributed by atoms with E-state index < -0.39 is 12.1 Å². The second-order valence-electron chi connectivity index (χ2n) is 8.09. The molecule has 2 aliphatic heterocycles. The molecular formula is C18H27F3N6O4. The van der Waals surface area contributed by atoms with Crippen LogP contribution >= 0.6 is 0 Å². The Morgan fingerprint density at radius 2 is 1.94 bits per heavy atom. The predicted molar refractivity (Wildman–Crippen MR) is 103 cm³/mol. The predicted octanol–water partition coefficient (Wildman–Crippen LogP) is 0.359. The summed E-state index contributed by atoms with van der Waals surface area (Å²) >= 11 is 0. The lowest BCUT2D eigenvalue weighted by molar-refractivity contribution is -0.192. The Bertz CT molecular complexity index is 812. The molecule has 3 rings (SSSR count). The number of hydrogen-bond acceptors (Lipinski definition) is 5. The van der Waals surface area contributed by atoms with Gasteiger partial charge < -0.3 is 20.2 Å². The van der Waals surface area contributed by atoms with Gasteiger partial charge in [-0.3, -0.25) is 14.4 Å². The molecule has 2 N–H and O–H groups in total. The maximum Gasteiger partial charge on any atom is 0.490 e. The van der Waals surface area contributed by atoms with Crippen LogP contribution in [0.1, 0.15) is 12.0 Å². The Kier molecular flexibility index (Phi) is 7.52. The fourth-order valence-corrected chi connectivity index (χ4v) is 3.72. The summed E-state index contributed by atoms with van der Waals surface area (Å²) in [5, 5.41) is 14.3. The molecule has 1 aromatic heterocycles.